The molecule has 9 rings (SSSR count). The van der Waals surface area contributed by atoms with E-state index in [-0.39, 0.29) is 12.1 Å². The molecule has 0 saturated heterocycles. The maximum atomic E-state index is 9.13. The van der Waals surface area contributed by atoms with Gasteiger partial charge in [0.15, 0.2) is 0 Å². The fourth-order valence-corrected chi connectivity index (χ4v) is 13.5. The lowest BCUT2D eigenvalue weighted by atomic mass is 9.70. The first-order chi connectivity index (χ1) is 29.3. The third-order valence-corrected chi connectivity index (χ3v) is 15.9. The van der Waals surface area contributed by atoms with Crippen molar-refractivity contribution in [2.45, 2.75) is 136 Å². The van der Waals surface area contributed by atoms with Crippen LogP contribution in [0.1, 0.15) is 126 Å². The van der Waals surface area contributed by atoms with Crippen LogP contribution in [-0.4, -0.2) is 80.2 Å². The molecule has 1 atom stereocenters. The Morgan fingerprint density at radius 3 is 1.87 bits per heavy atom. The molecule has 1 unspecified atom stereocenters. The lowest BCUT2D eigenvalue weighted by Crippen LogP contribution is -2.46. The summed E-state index contributed by atoms with van der Waals surface area (Å²) in [5.74, 6) is 2.17. The number of benzene rings is 3. The van der Waals surface area contributed by atoms with Gasteiger partial charge in [-0.05, 0) is 132 Å². The number of nitrogens with zero attached hydrogens (tertiary/aromatic N) is 5. The van der Waals surface area contributed by atoms with Crippen molar-refractivity contribution in [3.8, 4) is 17.6 Å². The molecule has 6 heterocycles. The number of ether oxygens (including phenoxy) is 2. The van der Waals surface area contributed by atoms with Gasteiger partial charge in [0.2, 0.25) is 0 Å². The van der Waals surface area contributed by atoms with Gasteiger partial charge in [0, 0.05) is 88.4 Å². The number of hydrogen-bond acceptors (Lipinski definition) is 10. The standard InChI is InChI=1S/C44H55ClN5O4PS.2C2H6/c1-29(2)50(30(3)4)55(52-22-9-16-46)53-25-24-51-23-21-49-44(36-15-14-33(45)28-39(36)56-49)37-26-31-10-5-17-47-19-7-12-34(40(31)47)42(37)54-43-35-13-8-20-48-18-6-11-32(41(35)48)27-38(43)44;2*1-2/h14-15,26-30H,5-13,17-25H2,1-4H3;2*1-2H3. The molecule has 12 heteroatoms. The van der Waals surface area contributed by atoms with Crippen molar-refractivity contribution in [2.75, 3.05) is 69.0 Å². The van der Waals surface area contributed by atoms with Gasteiger partial charge >= 0.3 is 0 Å². The smallest absolute Gasteiger partial charge is 0.259 e. The van der Waals surface area contributed by atoms with Crippen molar-refractivity contribution >= 4 is 43.4 Å². The van der Waals surface area contributed by atoms with Crippen molar-refractivity contribution < 1.29 is 18.5 Å². The van der Waals surface area contributed by atoms with Crippen molar-refractivity contribution in [2.24, 2.45) is 0 Å². The molecule has 0 amide bonds. The summed E-state index contributed by atoms with van der Waals surface area (Å²) in [5.41, 5.74) is 11.9. The summed E-state index contributed by atoms with van der Waals surface area (Å²) in [4.78, 5) is 6.47. The third-order valence-electron chi connectivity index (χ3n) is 12.4. The Bertz CT molecular complexity index is 1930. The second-order valence-electron chi connectivity index (χ2n) is 16.5. The minimum atomic E-state index is -1.31. The molecule has 3 aromatic carbocycles. The Labute approximate surface area is 371 Å². The molecule has 6 aliphatic rings. The van der Waals surface area contributed by atoms with E-state index in [2.05, 4.69) is 82.9 Å². The van der Waals surface area contributed by atoms with Crippen LogP contribution in [-0.2, 0) is 45.0 Å². The largest absolute Gasteiger partial charge is 0.456 e. The molecule has 0 fully saturated rings. The molecule has 0 saturated carbocycles. The van der Waals surface area contributed by atoms with Gasteiger partial charge in [0.05, 0.1) is 38.9 Å². The first-order valence-corrected chi connectivity index (χ1v) is 25.2. The summed E-state index contributed by atoms with van der Waals surface area (Å²) >= 11 is 8.60. The molecule has 0 aromatic heterocycles. The third kappa shape index (κ3) is 8.32. The summed E-state index contributed by atoms with van der Waals surface area (Å²) in [6, 6.07) is 14.3. The van der Waals surface area contributed by atoms with Crippen molar-refractivity contribution in [3.05, 3.63) is 74.3 Å². The zero-order valence-electron chi connectivity index (χ0n) is 37.4. The monoisotopic (exact) mass is 875 g/mol. The lowest BCUT2D eigenvalue weighted by molar-refractivity contribution is 0.0770. The van der Waals surface area contributed by atoms with E-state index in [0.717, 1.165) is 81.2 Å². The van der Waals surface area contributed by atoms with E-state index >= 15 is 0 Å². The Morgan fingerprint density at radius 2 is 1.32 bits per heavy atom. The maximum absolute atomic E-state index is 9.13. The summed E-state index contributed by atoms with van der Waals surface area (Å²) in [6.45, 7) is 23.6. The zero-order chi connectivity index (χ0) is 42.6. The Hall–Kier alpha value is -2.58. The highest BCUT2D eigenvalue weighted by Gasteiger charge is 2.56. The topological polar surface area (TPSA) is 73.7 Å². The maximum Gasteiger partial charge on any atom is 0.259 e. The molecule has 0 aliphatic carbocycles. The highest BCUT2D eigenvalue weighted by Crippen LogP contribution is 2.65. The number of fused-ring (bicyclic) bond motifs is 8. The normalized spacial score (nSPS) is 18.3. The van der Waals surface area contributed by atoms with Gasteiger partial charge in [-0.3, -0.25) is 0 Å². The molecule has 0 N–H and O–H groups in total. The molecule has 6 aliphatic heterocycles. The predicted molar refractivity (Wildman–Crippen MR) is 249 cm³/mol. The predicted octanol–water partition coefficient (Wildman–Crippen LogP) is 11.8. The summed E-state index contributed by atoms with van der Waals surface area (Å²) < 4.78 is 31.3. The van der Waals surface area contributed by atoms with E-state index in [9.17, 15) is 0 Å². The average Bonchev–Trinajstić information content (AvgIpc) is 3.57. The first-order valence-electron chi connectivity index (χ1n) is 22.9. The van der Waals surface area contributed by atoms with E-state index in [1.165, 1.54) is 68.1 Å². The van der Waals surface area contributed by atoms with Gasteiger partial charge in [0.25, 0.3) is 8.53 Å². The van der Waals surface area contributed by atoms with Gasteiger partial charge in [-0.2, -0.15) is 5.26 Å². The number of aryl methyl sites for hydroxylation is 2. The Balaban J connectivity index is 0.00000132. The molecule has 3 aromatic rings. The average molecular weight is 877 g/mol. The van der Waals surface area contributed by atoms with Crippen molar-refractivity contribution in [1.82, 2.24) is 8.98 Å². The summed E-state index contributed by atoms with van der Waals surface area (Å²) in [7, 11) is -1.31. The molecular formula is C48H67ClN5O4PS. The van der Waals surface area contributed by atoms with Gasteiger partial charge in [-0.1, -0.05) is 45.4 Å². The van der Waals surface area contributed by atoms with Crippen LogP contribution in [0.25, 0.3) is 0 Å². The van der Waals surface area contributed by atoms with Crippen LogP contribution in [0.4, 0.5) is 11.4 Å². The van der Waals surface area contributed by atoms with Crippen molar-refractivity contribution in [1.29, 1.82) is 5.26 Å². The van der Waals surface area contributed by atoms with Crippen LogP contribution in [0.5, 0.6) is 11.5 Å². The van der Waals surface area contributed by atoms with Crippen LogP contribution in [0.2, 0.25) is 5.02 Å². The molecular weight excluding hydrogens is 809 g/mol. The van der Waals surface area contributed by atoms with Crippen LogP contribution in [0.3, 0.4) is 0 Å². The number of anilines is 2. The van der Waals surface area contributed by atoms with Gasteiger partial charge in [-0.25, -0.2) is 8.98 Å². The minimum absolute atomic E-state index is 0.249. The van der Waals surface area contributed by atoms with Gasteiger partial charge < -0.3 is 28.3 Å². The second kappa shape index (κ2) is 20.3. The number of hydrogen-bond donors (Lipinski definition) is 0. The highest BCUT2D eigenvalue weighted by atomic mass is 35.5. The zero-order valence-corrected chi connectivity index (χ0v) is 39.8. The Kier molecular flexibility index (Phi) is 15.4. The molecule has 326 valence electrons. The number of halogens is 1. The van der Waals surface area contributed by atoms with Crippen LogP contribution in [0.15, 0.2) is 35.2 Å². The van der Waals surface area contributed by atoms with E-state index in [0.29, 0.717) is 39.4 Å². The quantitative estimate of drug-likeness (QED) is 0.0941. The van der Waals surface area contributed by atoms with E-state index < -0.39 is 14.1 Å². The molecule has 60 heavy (non-hydrogen) atoms. The molecule has 0 radical (unpaired) electrons. The highest BCUT2D eigenvalue weighted by molar-refractivity contribution is 7.97. The van der Waals surface area contributed by atoms with E-state index in [1.54, 1.807) is 0 Å². The molecule has 1 spiro atoms. The number of nitriles is 1. The summed E-state index contributed by atoms with van der Waals surface area (Å²) in [5, 5.41) is 9.89. The van der Waals surface area contributed by atoms with E-state index in [4.69, 9.17) is 35.4 Å². The first kappa shape index (κ1) is 45.4. The van der Waals surface area contributed by atoms with Crippen LogP contribution >= 0.6 is 32.1 Å². The second-order valence-corrected chi connectivity index (χ2v) is 19.5. The molecule has 0 bridgehead atoms. The van der Waals surface area contributed by atoms with Gasteiger partial charge in [0.1, 0.15) is 17.0 Å². The van der Waals surface area contributed by atoms with Crippen LogP contribution in [0, 0.1) is 11.3 Å². The van der Waals surface area contributed by atoms with Gasteiger partial charge in [-0.15, -0.1) is 0 Å². The number of rotatable bonds is 13. The van der Waals surface area contributed by atoms with E-state index in [1.807, 2.05) is 39.6 Å². The molecule has 9 nitrogen and oxygen atoms in total. The summed E-state index contributed by atoms with van der Waals surface area (Å²) in [6.07, 6.45) is 9.27. The minimum Gasteiger partial charge on any atom is -0.456 e. The van der Waals surface area contributed by atoms with Crippen LogP contribution < -0.4 is 14.5 Å². The fraction of sp³-hybridized carbons (Fsp3) is 0.604. The SMILES string of the molecule is CC.CC.CC(C)N(C(C)C)P(OCCC#N)OCCOCCN1Sc2cc(Cl)ccc2C12c1cc3c4c(c1Oc1c2cc2c5c1CCCN5CCC2)CCCN4CCC3. The fourth-order valence-electron chi connectivity index (χ4n) is 10.4. The Morgan fingerprint density at radius 1 is 0.767 bits per heavy atom. The van der Waals surface area contributed by atoms with Crippen molar-refractivity contribution in [3.63, 3.8) is 0 Å². The lowest BCUT2D eigenvalue weighted by Gasteiger charge is -2.48.